The number of carbonyl (C=O) groups is 2. The quantitative estimate of drug-likeness (QED) is 0.495. The summed E-state index contributed by atoms with van der Waals surface area (Å²) in [4.78, 5) is 27.9. The van der Waals surface area contributed by atoms with Crippen molar-refractivity contribution in [2.75, 3.05) is 7.11 Å². The van der Waals surface area contributed by atoms with E-state index < -0.39 is 29.5 Å². The van der Waals surface area contributed by atoms with Crippen LogP contribution in [-0.2, 0) is 20.9 Å². The second kappa shape index (κ2) is 10.5. The molecule has 0 spiro atoms. The number of methoxy groups -OCH3 is 1. The molecule has 1 heterocycles. The maximum Gasteiger partial charge on any atom is 0.337 e. The van der Waals surface area contributed by atoms with E-state index in [0.717, 1.165) is 24.5 Å². The summed E-state index contributed by atoms with van der Waals surface area (Å²) in [5.41, 5.74) is 1.06. The van der Waals surface area contributed by atoms with Crippen LogP contribution < -0.4 is 4.74 Å². The van der Waals surface area contributed by atoms with Crippen molar-refractivity contribution >= 4 is 11.9 Å². The molecule has 1 aliphatic heterocycles. The third-order valence-corrected chi connectivity index (χ3v) is 7.01. The molecule has 0 amide bonds. The molecule has 0 saturated heterocycles. The fraction of sp³-hybridized carbons (Fsp3) is 0.357. The average Bonchev–Trinajstić information content (AvgIpc) is 3.36. The number of halogens is 2. The molecule has 36 heavy (non-hydrogen) atoms. The van der Waals surface area contributed by atoms with Crippen LogP contribution in [0.5, 0.6) is 5.75 Å². The van der Waals surface area contributed by atoms with Gasteiger partial charge in [0.05, 0.1) is 30.7 Å². The van der Waals surface area contributed by atoms with Gasteiger partial charge < -0.3 is 19.5 Å². The summed E-state index contributed by atoms with van der Waals surface area (Å²) >= 11 is 0. The predicted molar refractivity (Wildman–Crippen MR) is 129 cm³/mol. The Morgan fingerprint density at radius 1 is 1.00 bits per heavy atom. The van der Waals surface area contributed by atoms with Crippen molar-refractivity contribution in [3.8, 4) is 5.75 Å². The Morgan fingerprint density at radius 3 is 2.33 bits per heavy atom. The number of allylic oxidation sites excluding steroid dienone is 2. The third kappa shape index (κ3) is 4.72. The van der Waals surface area contributed by atoms with Crippen molar-refractivity contribution in [2.24, 2.45) is 0 Å². The number of carboxylic acid groups (broad SMARTS) is 1. The van der Waals surface area contributed by atoms with Gasteiger partial charge in [0.2, 0.25) is 0 Å². The molecule has 1 saturated carbocycles. The zero-order valence-electron chi connectivity index (χ0n) is 20.5. The summed E-state index contributed by atoms with van der Waals surface area (Å²) in [6.07, 6.45) is 2.98. The molecular weight excluding hydrogens is 468 g/mol. The number of aliphatic carboxylic acids is 1. The van der Waals surface area contributed by atoms with Crippen LogP contribution in [0.25, 0.3) is 0 Å². The summed E-state index contributed by atoms with van der Waals surface area (Å²) in [5.74, 6) is -5.09. The van der Waals surface area contributed by atoms with Crippen molar-refractivity contribution in [2.45, 2.75) is 58.1 Å². The van der Waals surface area contributed by atoms with Crippen molar-refractivity contribution in [3.05, 3.63) is 87.8 Å². The van der Waals surface area contributed by atoms with E-state index in [0.29, 0.717) is 30.0 Å². The minimum Gasteiger partial charge on any atom is -0.496 e. The van der Waals surface area contributed by atoms with Crippen LogP contribution in [0.1, 0.15) is 56.6 Å². The zero-order valence-corrected chi connectivity index (χ0v) is 20.5. The van der Waals surface area contributed by atoms with Crippen LogP contribution in [0, 0.1) is 11.6 Å². The lowest BCUT2D eigenvalue weighted by Gasteiger charge is -2.38. The lowest BCUT2D eigenvalue weighted by atomic mass is 9.79. The van der Waals surface area contributed by atoms with Crippen molar-refractivity contribution in [1.82, 2.24) is 4.90 Å². The molecule has 0 aromatic heterocycles. The van der Waals surface area contributed by atoms with E-state index in [9.17, 15) is 19.1 Å². The van der Waals surface area contributed by atoms with Crippen LogP contribution in [0.4, 0.5) is 8.78 Å². The van der Waals surface area contributed by atoms with Gasteiger partial charge in [0.25, 0.3) is 0 Å². The first-order valence-corrected chi connectivity index (χ1v) is 11.9. The van der Waals surface area contributed by atoms with Crippen molar-refractivity contribution in [1.29, 1.82) is 0 Å². The van der Waals surface area contributed by atoms with Gasteiger partial charge in [-0.25, -0.2) is 18.4 Å². The smallest absolute Gasteiger partial charge is 0.337 e. The second-order valence-electron chi connectivity index (χ2n) is 9.09. The maximum atomic E-state index is 15.1. The standard InChI is InChI=1S/C28H29F2NO5/c1-16-23(27(32)33)25(20-12-8-13-21(29)26(20)30)24(28(34)36-19-10-5-6-11-19)17(2)31(16)15-18-9-4-7-14-22(18)35-3/h4,7-9,12-14,19,25H,5-6,10-11,15H2,1-3H3,(H,32,33). The Bertz CT molecular complexity index is 1250. The Kier molecular flexibility index (Phi) is 7.43. The first kappa shape index (κ1) is 25.4. The molecular formula is C28H29F2NO5. The molecule has 1 aliphatic carbocycles. The van der Waals surface area contributed by atoms with Crippen LogP contribution in [0.3, 0.4) is 0 Å². The SMILES string of the molecule is COc1ccccc1CN1C(C)=C(C(=O)O)C(c2cccc(F)c2F)C(C(=O)OC2CCCC2)=C1C. The fourth-order valence-corrected chi connectivity index (χ4v) is 5.16. The Labute approximate surface area is 208 Å². The number of carbonyl (C=O) groups excluding carboxylic acids is 1. The first-order chi connectivity index (χ1) is 17.2. The number of benzene rings is 2. The first-order valence-electron chi connectivity index (χ1n) is 11.9. The monoisotopic (exact) mass is 497 g/mol. The highest BCUT2D eigenvalue weighted by molar-refractivity contribution is 5.99. The predicted octanol–water partition coefficient (Wildman–Crippen LogP) is 5.69. The summed E-state index contributed by atoms with van der Waals surface area (Å²) in [6, 6.07) is 10.9. The normalized spacial score (nSPS) is 18.6. The maximum absolute atomic E-state index is 15.1. The summed E-state index contributed by atoms with van der Waals surface area (Å²) in [5, 5.41) is 10.3. The molecule has 8 heteroatoms. The molecule has 0 bridgehead atoms. The number of esters is 1. The lowest BCUT2D eigenvalue weighted by Crippen LogP contribution is -2.35. The van der Waals surface area contributed by atoms with Crippen molar-refractivity contribution in [3.63, 3.8) is 0 Å². The van der Waals surface area contributed by atoms with Crippen LogP contribution >= 0.6 is 0 Å². The molecule has 2 aromatic carbocycles. The van der Waals surface area contributed by atoms with E-state index in [1.807, 2.05) is 18.2 Å². The largest absolute Gasteiger partial charge is 0.496 e. The van der Waals surface area contributed by atoms with E-state index in [4.69, 9.17) is 9.47 Å². The second-order valence-corrected chi connectivity index (χ2v) is 9.09. The number of para-hydroxylation sites is 1. The average molecular weight is 498 g/mol. The molecule has 1 N–H and O–H groups in total. The van der Waals surface area contributed by atoms with E-state index in [2.05, 4.69) is 0 Å². The Balaban J connectivity index is 1.89. The number of hydrogen-bond acceptors (Lipinski definition) is 5. The molecule has 2 aromatic rings. The number of nitrogens with zero attached hydrogens (tertiary/aromatic N) is 1. The molecule has 2 aliphatic rings. The highest BCUT2D eigenvalue weighted by atomic mass is 19.2. The molecule has 1 unspecified atom stereocenters. The van der Waals surface area contributed by atoms with Crippen molar-refractivity contribution < 1.29 is 33.0 Å². The van der Waals surface area contributed by atoms with Gasteiger partial charge in [0.1, 0.15) is 11.9 Å². The van der Waals surface area contributed by atoms with Gasteiger partial charge in [-0.05, 0) is 51.7 Å². The lowest BCUT2D eigenvalue weighted by molar-refractivity contribution is -0.144. The minimum atomic E-state index is -1.33. The summed E-state index contributed by atoms with van der Waals surface area (Å²) < 4.78 is 40.6. The zero-order chi connectivity index (χ0) is 26.0. The highest BCUT2D eigenvalue weighted by Crippen LogP contribution is 2.44. The highest BCUT2D eigenvalue weighted by Gasteiger charge is 2.42. The van der Waals surface area contributed by atoms with Gasteiger partial charge in [0.15, 0.2) is 11.6 Å². The van der Waals surface area contributed by atoms with Gasteiger partial charge in [-0.3, -0.25) is 0 Å². The molecule has 6 nitrogen and oxygen atoms in total. The van der Waals surface area contributed by atoms with E-state index >= 15 is 4.39 Å². The third-order valence-electron chi connectivity index (χ3n) is 7.01. The van der Waals surface area contributed by atoms with Gasteiger partial charge in [-0.1, -0.05) is 30.3 Å². The molecule has 1 fully saturated rings. The van der Waals surface area contributed by atoms with E-state index in [-0.39, 0.29) is 29.4 Å². The Morgan fingerprint density at radius 2 is 1.67 bits per heavy atom. The number of ether oxygens (including phenoxy) is 2. The van der Waals surface area contributed by atoms with Gasteiger partial charge in [0, 0.05) is 22.5 Å². The molecule has 4 rings (SSSR count). The molecule has 0 radical (unpaired) electrons. The fourth-order valence-electron chi connectivity index (χ4n) is 5.16. The van der Waals surface area contributed by atoms with E-state index in [1.54, 1.807) is 24.8 Å². The summed E-state index contributed by atoms with van der Waals surface area (Å²) in [7, 11) is 1.54. The van der Waals surface area contributed by atoms with Crippen LogP contribution in [0.2, 0.25) is 0 Å². The molecule has 1 atom stereocenters. The van der Waals surface area contributed by atoms with Gasteiger partial charge in [-0.15, -0.1) is 0 Å². The van der Waals surface area contributed by atoms with Crippen LogP contribution in [0.15, 0.2) is 65.0 Å². The van der Waals surface area contributed by atoms with Gasteiger partial charge in [-0.2, -0.15) is 0 Å². The summed E-state index contributed by atoms with van der Waals surface area (Å²) in [6.45, 7) is 3.48. The number of carboxylic acids is 1. The van der Waals surface area contributed by atoms with E-state index in [1.165, 1.54) is 19.2 Å². The Hall–Kier alpha value is -3.68. The van der Waals surface area contributed by atoms with Crippen LogP contribution in [-0.4, -0.2) is 35.2 Å². The molecule has 190 valence electrons. The minimum absolute atomic E-state index is 0.00991. The van der Waals surface area contributed by atoms with Gasteiger partial charge >= 0.3 is 11.9 Å². The number of hydrogen-bond donors (Lipinski definition) is 1. The topological polar surface area (TPSA) is 76.1 Å². The number of rotatable bonds is 7.